The van der Waals surface area contributed by atoms with Crippen molar-refractivity contribution in [1.82, 2.24) is 14.8 Å². The molecule has 0 saturated carbocycles. The summed E-state index contributed by atoms with van der Waals surface area (Å²) in [4.78, 5) is 4.09. The standard InChI is InChI=1S/C12H14ClN3O/c1-16-8-9(7-15-16)4-5-11(17)12-10(13)3-2-6-14-12/h2-3,6-8,11,17H,4-5H2,1H3. The second-order valence-electron chi connectivity index (χ2n) is 3.95. The zero-order valence-corrected chi connectivity index (χ0v) is 10.3. The molecule has 5 heteroatoms. The third kappa shape index (κ3) is 3.05. The van der Waals surface area contributed by atoms with Crippen molar-refractivity contribution in [1.29, 1.82) is 0 Å². The lowest BCUT2D eigenvalue weighted by Crippen LogP contribution is -2.02. The Bertz CT molecular complexity index is 498. The SMILES string of the molecule is Cn1cc(CCC(O)c2ncccc2Cl)cn1. The molecule has 0 bridgehead atoms. The first-order valence-corrected chi connectivity index (χ1v) is 5.80. The minimum atomic E-state index is -0.635. The molecule has 2 rings (SSSR count). The van der Waals surface area contributed by atoms with E-state index in [-0.39, 0.29) is 0 Å². The van der Waals surface area contributed by atoms with Crippen molar-refractivity contribution < 1.29 is 5.11 Å². The maximum Gasteiger partial charge on any atom is 0.0978 e. The summed E-state index contributed by atoms with van der Waals surface area (Å²) in [5.41, 5.74) is 1.64. The molecule has 1 atom stereocenters. The molecule has 2 heterocycles. The van der Waals surface area contributed by atoms with Crippen LogP contribution in [0.3, 0.4) is 0 Å². The van der Waals surface area contributed by atoms with Gasteiger partial charge in [-0.15, -0.1) is 0 Å². The van der Waals surface area contributed by atoms with Crippen molar-refractivity contribution >= 4 is 11.6 Å². The van der Waals surface area contributed by atoms with Gasteiger partial charge in [0, 0.05) is 19.4 Å². The van der Waals surface area contributed by atoms with Gasteiger partial charge in [0.05, 0.1) is 23.0 Å². The van der Waals surface area contributed by atoms with Crippen LogP contribution in [0.5, 0.6) is 0 Å². The van der Waals surface area contributed by atoms with Crippen LogP contribution < -0.4 is 0 Å². The van der Waals surface area contributed by atoms with Crippen LogP contribution >= 0.6 is 11.6 Å². The minimum absolute atomic E-state index is 0.506. The Balaban J connectivity index is 1.98. The second kappa shape index (κ2) is 5.29. The van der Waals surface area contributed by atoms with Gasteiger partial charge in [0.2, 0.25) is 0 Å². The Labute approximate surface area is 105 Å². The quantitative estimate of drug-likeness (QED) is 0.906. The average molecular weight is 252 g/mol. The molecule has 1 N–H and O–H groups in total. The predicted molar refractivity (Wildman–Crippen MR) is 65.7 cm³/mol. The molecular weight excluding hydrogens is 238 g/mol. The molecule has 90 valence electrons. The molecule has 0 aromatic carbocycles. The lowest BCUT2D eigenvalue weighted by atomic mass is 10.1. The molecule has 0 aliphatic rings. The first-order chi connectivity index (χ1) is 8.16. The fraction of sp³-hybridized carbons (Fsp3) is 0.333. The third-order valence-electron chi connectivity index (χ3n) is 2.57. The Morgan fingerprint density at radius 1 is 1.53 bits per heavy atom. The highest BCUT2D eigenvalue weighted by atomic mass is 35.5. The fourth-order valence-electron chi connectivity index (χ4n) is 1.68. The van der Waals surface area contributed by atoms with E-state index in [0.29, 0.717) is 17.1 Å². The Morgan fingerprint density at radius 3 is 3.00 bits per heavy atom. The van der Waals surface area contributed by atoms with Gasteiger partial charge >= 0.3 is 0 Å². The number of aliphatic hydroxyl groups excluding tert-OH is 1. The molecule has 0 spiro atoms. The van der Waals surface area contributed by atoms with Crippen LogP contribution in [0, 0.1) is 0 Å². The molecule has 1 unspecified atom stereocenters. The van der Waals surface area contributed by atoms with E-state index >= 15 is 0 Å². The summed E-state index contributed by atoms with van der Waals surface area (Å²) >= 11 is 5.97. The molecule has 0 aliphatic carbocycles. The number of aliphatic hydroxyl groups is 1. The number of hydrogen-bond donors (Lipinski definition) is 1. The molecule has 0 amide bonds. The van der Waals surface area contributed by atoms with Gasteiger partial charge in [-0.3, -0.25) is 9.67 Å². The monoisotopic (exact) mass is 251 g/mol. The smallest absolute Gasteiger partial charge is 0.0978 e. The van der Waals surface area contributed by atoms with Gasteiger partial charge in [0.1, 0.15) is 0 Å². The van der Waals surface area contributed by atoms with E-state index in [1.54, 1.807) is 29.2 Å². The summed E-state index contributed by atoms with van der Waals surface area (Å²) in [6.45, 7) is 0. The lowest BCUT2D eigenvalue weighted by molar-refractivity contribution is 0.163. The van der Waals surface area contributed by atoms with Crippen LogP contribution in [-0.4, -0.2) is 19.9 Å². The maximum atomic E-state index is 10.00. The van der Waals surface area contributed by atoms with E-state index in [4.69, 9.17) is 11.6 Å². The lowest BCUT2D eigenvalue weighted by Gasteiger charge is -2.10. The Hall–Kier alpha value is -1.39. The van der Waals surface area contributed by atoms with E-state index in [1.165, 1.54) is 0 Å². The molecule has 4 nitrogen and oxygen atoms in total. The first-order valence-electron chi connectivity index (χ1n) is 5.43. The minimum Gasteiger partial charge on any atom is -0.387 e. The summed E-state index contributed by atoms with van der Waals surface area (Å²) in [5.74, 6) is 0. The Morgan fingerprint density at radius 2 is 2.35 bits per heavy atom. The van der Waals surface area contributed by atoms with Crippen LogP contribution in [0.25, 0.3) is 0 Å². The predicted octanol–water partition coefficient (Wildman–Crippen LogP) is 2.13. The number of aryl methyl sites for hydroxylation is 2. The molecule has 2 aromatic rings. The average Bonchev–Trinajstić information content (AvgIpc) is 2.73. The largest absolute Gasteiger partial charge is 0.387 e. The van der Waals surface area contributed by atoms with Gasteiger partial charge in [-0.25, -0.2) is 0 Å². The van der Waals surface area contributed by atoms with Crippen LogP contribution in [0.1, 0.15) is 23.8 Å². The molecule has 0 radical (unpaired) electrons. The second-order valence-corrected chi connectivity index (χ2v) is 4.35. The van der Waals surface area contributed by atoms with Crippen LogP contribution in [0.15, 0.2) is 30.7 Å². The van der Waals surface area contributed by atoms with Gasteiger partial charge in [0.25, 0.3) is 0 Å². The molecule has 2 aromatic heterocycles. The van der Waals surface area contributed by atoms with Crippen molar-refractivity contribution in [2.45, 2.75) is 18.9 Å². The van der Waals surface area contributed by atoms with Crippen molar-refractivity contribution in [3.8, 4) is 0 Å². The highest BCUT2D eigenvalue weighted by Gasteiger charge is 2.12. The van der Waals surface area contributed by atoms with Gasteiger partial charge in [0.15, 0.2) is 0 Å². The number of nitrogens with zero attached hydrogens (tertiary/aromatic N) is 3. The summed E-state index contributed by atoms with van der Waals surface area (Å²) in [7, 11) is 1.87. The molecular formula is C12H14ClN3O. The van der Waals surface area contributed by atoms with Gasteiger partial charge in [-0.2, -0.15) is 5.10 Å². The topological polar surface area (TPSA) is 50.9 Å². The maximum absolute atomic E-state index is 10.00. The van der Waals surface area contributed by atoms with Crippen LogP contribution in [0.4, 0.5) is 0 Å². The summed E-state index contributed by atoms with van der Waals surface area (Å²) in [5, 5.41) is 14.6. The Kier molecular flexibility index (Phi) is 3.76. The molecule has 0 saturated heterocycles. The van der Waals surface area contributed by atoms with E-state index in [0.717, 1.165) is 12.0 Å². The van der Waals surface area contributed by atoms with E-state index in [2.05, 4.69) is 10.1 Å². The molecule has 17 heavy (non-hydrogen) atoms. The summed E-state index contributed by atoms with van der Waals surface area (Å²) < 4.78 is 1.75. The van der Waals surface area contributed by atoms with Crippen molar-refractivity contribution in [3.05, 3.63) is 47.0 Å². The van der Waals surface area contributed by atoms with Gasteiger partial charge in [-0.1, -0.05) is 11.6 Å². The normalized spacial score (nSPS) is 12.6. The van der Waals surface area contributed by atoms with Gasteiger partial charge < -0.3 is 5.11 Å². The highest BCUT2D eigenvalue weighted by molar-refractivity contribution is 6.31. The van der Waals surface area contributed by atoms with E-state index < -0.39 is 6.10 Å². The number of hydrogen-bond acceptors (Lipinski definition) is 3. The van der Waals surface area contributed by atoms with Crippen molar-refractivity contribution in [2.75, 3.05) is 0 Å². The number of halogens is 1. The van der Waals surface area contributed by atoms with E-state index in [9.17, 15) is 5.11 Å². The summed E-state index contributed by atoms with van der Waals surface area (Å²) in [6.07, 6.45) is 6.07. The fourth-order valence-corrected chi connectivity index (χ4v) is 1.93. The van der Waals surface area contributed by atoms with Gasteiger partial charge in [-0.05, 0) is 30.5 Å². The zero-order chi connectivity index (χ0) is 12.3. The van der Waals surface area contributed by atoms with E-state index in [1.807, 2.05) is 13.2 Å². The number of pyridine rings is 1. The number of aromatic nitrogens is 3. The van der Waals surface area contributed by atoms with Crippen molar-refractivity contribution in [3.63, 3.8) is 0 Å². The third-order valence-corrected chi connectivity index (χ3v) is 2.89. The van der Waals surface area contributed by atoms with Crippen LogP contribution in [-0.2, 0) is 13.5 Å². The van der Waals surface area contributed by atoms with Crippen LogP contribution in [0.2, 0.25) is 5.02 Å². The zero-order valence-electron chi connectivity index (χ0n) is 9.55. The molecule has 0 aliphatic heterocycles. The summed E-state index contributed by atoms with van der Waals surface area (Å²) in [6, 6.07) is 3.48. The van der Waals surface area contributed by atoms with Crippen molar-refractivity contribution in [2.24, 2.45) is 7.05 Å². The number of rotatable bonds is 4. The first kappa shape index (κ1) is 12.1. The molecule has 0 fully saturated rings. The highest BCUT2D eigenvalue weighted by Crippen LogP contribution is 2.23.